The smallest absolute Gasteiger partial charge is 0.347 e. The summed E-state index contributed by atoms with van der Waals surface area (Å²) in [7, 11) is 3.99. The predicted octanol–water partition coefficient (Wildman–Crippen LogP) is 5.60. The zero-order chi connectivity index (χ0) is 22.9. The third-order valence-electron chi connectivity index (χ3n) is 5.03. The first-order chi connectivity index (χ1) is 15.2. The molecule has 1 heterocycles. The number of benzene rings is 3. The summed E-state index contributed by atoms with van der Waals surface area (Å²) in [5.74, 6) is 0.436. The van der Waals surface area contributed by atoms with E-state index >= 15 is 0 Å². The van der Waals surface area contributed by atoms with Crippen molar-refractivity contribution in [3.8, 4) is 28.5 Å². The Labute approximate surface area is 185 Å². The van der Waals surface area contributed by atoms with Gasteiger partial charge in [0.25, 0.3) is 0 Å². The molecule has 0 aliphatic rings. The number of hydrogen-bond acceptors (Lipinski definition) is 6. The molecule has 0 bridgehead atoms. The molecule has 0 fully saturated rings. The monoisotopic (exact) mass is 432 g/mol. The summed E-state index contributed by atoms with van der Waals surface area (Å²) >= 11 is 0. The molecular formula is C25H24N2O5. The van der Waals surface area contributed by atoms with E-state index in [1.165, 1.54) is 13.8 Å². The zero-order valence-corrected chi connectivity index (χ0v) is 18.3. The number of nitrogens with zero attached hydrogens (tertiary/aromatic N) is 2. The minimum atomic E-state index is -1.35. The third kappa shape index (κ3) is 4.37. The molecule has 4 aromatic rings. The highest BCUT2D eigenvalue weighted by Gasteiger charge is 2.29. The summed E-state index contributed by atoms with van der Waals surface area (Å²) in [4.78, 5) is 13.3. The van der Waals surface area contributed by atoms with Gasteiger partial charge in [-0.1, -0.05) is 23.4 Å². The van der Waals surface area contributed by atoms with Crippen LogP contribution in [0.4, 0.5) is 5.69 Å². The van der Waals surface area contributed by atoms with Gasteiger partial charge in [-0.05, 0) is 50.2 Å². The molecule has 7 heteroatoms. The second-order valence-electron chi connectivity index (χ2n) is 8.12. The van der Waals surface area contributed by atoms with Gasteiger partial charge in [0.05, 0.1) is 0 Å². The van der Waals surface area contributed by atoms with Crippen molar-refractivity contribution < 1.29 is 23.9 Å². The van der Waals surface area contributed by atoms with Crippen LogP contribution in [-0.2, 0) is 4.79 Å². The summed E-state index contributed by atoms with van der Waals surface area (Å²) in [6.07, 6.45) is 0. The van der Waals surface area contributed by atoms with Gasteiger partial charge in [-0.2, -0.15) is 0 Å². The van der Waals surface area contributed by atoms with E-state index in [0.717, 1.165) is 22.3 Å². The molecule has 164 valence electrons. The highest BCUT2D eigenvalue weighted by molar-refractivity contribution is 5.92. The Kier molecular flexibility index (Phi) is 5.48. The third-order valence-corrected chi connectivity index (χ3v) is 5.03. The number of aliphatic carboxylic acids is 1. The number of carbonyl (C=O) groups is 1. The topological polar surface area (TPSA) is 85.0 Å². The van der Waals surface area contributed by atoms with Crippen molar-refractivity contribution in [3.63, 3.8) is 0 Å². The van der Waals surface area contributed by atoms with Crippen molar-refractivity contribution in [1.82, 2.24) is 5.16 Å². The van der Waals surface area contributed by atoms with E-state index in [9.17, 15) is 9.90 Å². The summed E-state index contributed by atoms with van der Waals surface area (Å²) in [5, 5.41) is 14.4. The summed E-state index contributed by atoms with van der Waals surface area (Å²) in [6, 6.07) is 20.5. The van der Waals surface area contributed by atoms with Crippen LogP contribution in [0.2, 0.25) is 0 Å². The highest BCUT2D eigenvalue weighted by Crippen LogP contribution is 2.33. The van der Waals surface area contributed by atoms with E-state index in [0.29, 0.717) is 22.8 Å². The lowest BCUT2D eigenvalue weighted by molar-refractivity contribution is -0.152. The molecule has 4 rings (SSSR count). The summed E-state index contributed by atoms with van der Waals surface area (Å²) in [6.45, 7) is 2.98. The van der Waals surface area contributed by atoms with Gasteiger partial charge >= 0.3 is 5.97 Å². The number of fused-ring (bicyclic) bond motifs is 1. The molecule has 0 saturated carbocycles. The van der Waals surface area contributed by atoms with Crippen molar-refractivity contribution in [2.24, 2.45) is 0 Å². The van der Waals surface area contributed by atoms with Crippen LogP contribution < -0.4 is 14.4 Å². The predicted molar refractivity (Wildman–Crippen MR) is 123 cm³/mol. The molecule has 32 heavy (non-hydrogen) atoms. The van der Waals surface area contributed by atoms with Gasteiger partial charge in [-0.25, -0.2) is 4.79 Å². The van der Waals surface area contributed by atoms with Crippen LogP contribution in [-0.4, -0.2) is 35.9 Å². The Balaban J connectivity index is 1.56. The normalized spacial score (nSPS) is 11.4. The van der Waals surface area contributed by atoms with Crippen LogP contribution in [0.5, 0.6) is 17.2 Å². The van der Waals surface area contributed by atoms with Gasteiger partial charge in [0.2, 0.25) is 0 Å². The molecule has 0 unspecified atom stereocenters. The number of carboxylic acids is 1. The molecule has 0 saturated heterocycles. The fourth-order valence-electron chi connectivity index (χ4n) is 3.18. The van der Waals surface area contributed by atoms with E-state index in [2.05, 4.69) is 5.16 Å². The molecule has 0 aliphatic carbocycles. The van der Waals surface area contributed by atoms with Crippen molar-refractivity contribution in [3.05, 3.63) is 66.7 Å². The van der Waals surface area contributed by atoms with Gasteiger partial charge in [0, 0.05) is 42.9 Å². The maximum absolute atomic E-state index is 11.3. The molecule has 3 aromatic carbocycles. The minimum absolute atomic E-state index is 0.402. The molecule has 0 radical (unpaired) electrons. The molecule has 0 atom stereocenters. The molecule has 7 nitrogen and oxygen atoms in total. The maximum atomic E-state index is 11.3. The second kappa shape index (κ2) is 8.26. The second-order valence-corrected chi connectivity index (χ2v) is 8.12. The average molecular weight is 432 g/mol. The van der Waals surface area contributed by atoms with E-state index in [1.54, 1.807) is 30.3 Å². The van der Waals surface area contributed by atoms with Crippen LogP contribution in [0, 0.1) is 0 Å². The first-order valence-corrected chi connectivity index (χ1v) is 10.1. The maximum Gasteiger partial charge on any atom is 0.347 e. The van der Waals surface area contributed by atoms with Crippen LogP contribution in [0.25, 0.3) is 22.2 Å². The van der Waals surface area contributed by atoms with Gasteiger partial charge in [-0.3, -0.25) is 0 Å². The Morgan fingerprint density at radius 2 is 1.66 bits per heavy atom. The van der Waals surface area contributed by atoms with Crippen molar-refractivity contribution in [1.29, 1.82) is 0 Å². The van der Waals surface area contributed by atoms with Gasteiger partial charge < -0.3 is 24.0 Å². The van der Waals surface area contributed by atoms with Crippen LogP contribution in [0.3, 0.4) is 0 Å². The number of ether oxygens (including phenoxy) is 2. The average Bonchev–Trinajstić information content (AvgIpc) is 3.17. The van der Waals surface area contributed by atoms with Crippen molar-refractivity contribution >= 4 is 22.6 Å². The lowest BCUT2D eigenvalue weighted by Crippen LogP contribution is -2.37. The molecule has 1 N–H and O–H groups in total. The van der Waals surface area contributed by atoms with Crippen LogP contribution in [0.1, 0.15) is 13.8 Å². The van der Waals surface area contributed by atoms with E-state index in [-0.39, 0.29) is 0 Å². The summed E-state index contributed by atoms with van der Waals surface area (Å²) < 4.78 is 17.1. The van der Waals surface area contributed by atoms with Crippen LogP contribution in [0.15, 0.2) is 71.3 Å². The minimum Gasteiger partial charge on any atom is -0.478 e. The fourth-order valence-corrected chi connectivity index (χ4v) is 3.18. The fraction of sp³-hybridized carbons (Fsp3) is 0.200. The van der Waals surface area contributed by atoms with Crippen LogP contribution >= 0.6 is 0 Å². The quantitative estimate of drug-likeness (QED) is 0.407. The number of anilines is 1. The SMILES string of the molecule is CN(C)c1ccc(-c2noc3cc(Oc4cccc(OC(C)(C)C(=O)O)c4)ccc23)cc1. The largest absolute Gasteiger partial charge is 0.478 e. The van der Waals surface area contributed by atoms with Gasteiger partial charge in [0.1, 0.15) is 22.9 Å². The van der Waals surface area contributed by atoms with Gasteiger partial charge in [0.15, 0.2) is 11.2 Å². The van der Waals surface area contributed by atoms with E-state index in [1.807, 2.05) is 55.4 Å². The lowest BCUT2D eigenvalue weighted by atomic mass is 10.1. The number of aromatic nitrogens is 1. The Morgan fingerprint density at radius 3 is 2.34 bits per heavy atom. The van der Waals surface area contributed by atoms with E-state index < -0.39 is 11.6 Å². The van der Waals surface area contributed by atoms with Gasteiger partial charge in [-0.15, -0.1) is 0 Å². The Morgan fingerprint density at radius 1 is 0.969 bits per heavy atom. The first kappa shape index (κ1) is 21.2. The lowest BCUT2D eigenvalue weighted by Gasteiger charge is -2.21. The van der Waals surface area contributed by atoms with Crippen molar-refractivity contribution in [2.45, 2.75) is 19.4 Å². The number of rotatable bonds is 7. The molecule has 1 aromatic heterocycles. The molecule has 0 spiro atoms. The standard InChI is InChI=1S/C25H24N2O5/c1-25(2,24(28)29)31-20-7-5-6-18(14-20)30-19-12-13-21-22(15-19)32-26-23(21)16-8-10-17(11-9-16)27(3)4/h5-15H,1-4H3,(H,28,29). The number of hydrogen-bond donors (Lipinski definition) is 1. The number of carboxylic acid groups (broad SMARTS) is 1. The molecule has 0 aliphatic heterocycles. The highest BCUT2D eigenvalue weighted by atomic mass is 16.5. The zero-order valence-electron chi connectivity index (χ0n) is 18.3. The Bertz CT molecular complexity index is 1260. The first-order valence-electron chi connectivity index (χ1n) is 10.1. The van der Waals surface area contributed by atoms with E-state index in [4.69, 9.17) is 14.0 Å². The Hall–Kier alpha value is -4.00. The summed E-state index contributed by atoms with van der Waals surface area (Å²) in [5.41, 5.74) is 2.10. The molecule has 0 amide bonds. The van der Waals surface area contributed by atoms with Crippen molar-refractivity contribution in [2.75, 3.05) is 19.0 Å². The molecular weight excluding hydrogens is 408 g/mol.